The number of rotatable bonds is 7. The van der Waals surface area contributed by atoms with E-state index in [0.717, 1.165) is 34.5 Å². The first-order valence-electron chi connectivity index (χ1n) is 11.4. The fourth-order valence-corrected chi connectivity index (χ4v) is 3.58. The number of para-hydroxylation sites is 1. The highest BCUT2D eigenvalue weighted by atomic mass is 32.1. The van der Waals surface area contributed by atoms with Gasteiger partial charge in [0.15, 0.2) is 10.9 Å². The van der Waals surface area contributed by atoms with Gasteiger partial charge in [-0.05, 0) is 67.0 Å². The zero-order valence-corrected chi connectivity index (χ0v) is 21.3. The van der Waals surface area contributed by atoms with E-state index in [1.165, 1.54) is 23.1 Å². The molecule has 7 nitrogen and oxygen atoms in total. The Morgan fingerprint density at radius 1 is 0.949 bits per heavy atom. The first-order chi connectivity index (χ1) is 18.4. The second-order valence-electron chi connectivity index (χ2n) is 8.34. The Morgan fingerprint density at radius 3 is 2.21 bits per heavy atom. The molecule has 1 aromatic heterocycles. The Bertz CT molecular complexity index is 1460. The van der Waals surface area contributed by atoms with Gasteiger partial charge in [0.25, 0.3) is 0 Å². The van der Waals surface area contributed by atoms with E-state index < -0.39 is 18.0 Å². The summed E-state index contributed by atoms with van der Waals surface area (Å²) in [6.45, 7) is 3.97. The summed E-state index contributed by atoms with van der Waals surface area (Å²) in [5.41, 5.74) is 7.69. The molecule has 13 heteroatoms. The van der Waals surface area contributed by atoms with Crippen molar-refractivity contribution < 1.29 is 26.7 Å². The Morgan fingerprint density at radius 2 is 1.59 bits per heavy atom. The number of anilines is 1. The third-order valence-corrected chi connectivity index (χ3v) is 5.63. The summed E-state index contributed by atoms with van der Waals surface area (Å²) in [7, 11) is 0. The first-order valence-corrected chi connectivity index (χ1v) is 11.8. The standard InChI is InChI=1S/C26H21F5N6OS/c1-16-4-3-5-17(2)22(16)34-24(39)35-33-14-18-6-8-19(9-7-18)23-32-15-37(36-23)20-10-12-21(13-11-20)38-26(30,31)25(27,28)29/h3-15H,1-2H3,(H2,34,35,39). The molecule has 39 heavy (non-hydrogen) atoms. The Kier molecular flexibility index (Phi) is 7.90. The average Bonchev–Trinajstić information content (AvgIpc) is 3.37. The van der Waals surface area contributed by atoms with Gasteiger partial charge < -0.3 is 10.1 Å². The van der Waals surface area contributed by atoms with E-state index in [-0.39, 0.29) is 0 Å². The number of nitrogens with zero attached hydrogens (tertiary/aromatic N) is 4. The Balaban J connectivity index is 1.36. The van der Waals surface area contributed by atoms with Crippen LogP contribution >= 0.6 is 12.2 Å². The van der Waals surface area contributed by atoms with E-state index in [0.29, 0.717) is 22.2 Å². The summed E-state index contributed by atoms with van der Waals surface area (Å²) in [6, 6.07) is 17.6. The van der Waals surface area contributed by atoms with Gasteiger partial charge in [0.2, 0.25) is 0 Å². The maximum atomic E-state index is 13.1. The van der Waals surface area contributed by atoms with Crippen LogP contribution in [0.15, 0.2) is 78.2 Å². The minimum atomic E-state index is -5.82. The van der Waals surface area contributed by atoms with Crippen LogP contribution in [-0.4, -0.2) is 38.4 Å². The third kappa shape index (κ3) is 6.74. The lowest BCUT2D eigenvalue weighted by Crippen LogP contribution is -2.41. The van der Waals surface area contributed by atoms with Crippen molar-refractivity contribution in [3.63, 3.8) is 0 Å². The smallest absolute Gasteiger partial charge is 0.426 e. The lowest BCUT2D eigenvalue weighted by atomic mass is 10.1. The number of thiocarbonyl (C=S) groups is 1. The van der Waals surface area contributed by atoms with Gasteiger partial charge in [-0.2, -0.15) is 27.1 Å². The molecule has 4 aromatic rings. The minimum Gasteiger partial charge on any atom is -0.426 e. The van der Waals surface area contributed by atoms with E-state index in [4.69, 9.17) is 12.2 Å². The molecule has 0 fully saturated rings. The summed E-state index contributed by atoms with van der Waals surface area (Å²) >= 11 is 5.30. The molecule has 202 valence electrons. The Labute approximate surface area is 225 Å². The highest BCUT2D eigenvalue weighted by Crippen LogP contribution is 2.37. The molecule has 4 rings (SSSR count). The molecule has 0 amide bonds. The zero-order valence-electron chi connectivity index (χ0n) is 20.5. The van der Waals surface area contributed by atoms with Crippen molar-refractivity contribution in [2.45, 2.75) is 26.1 Å². The minimum absolute atomic E-state index is 0.351. The molecule has 0 saturated heterocycles. The number of aryl methyl sites for hydroxylation is 2. The van der Waals surface area contributed by atoms with Gasteiger partial charge in [-0.3, -0.25) is 5.43 Å². The number of hydrogen-bond donors (Lipinski definition) is 2. The van der Waals surface area contributed by atoms with Gasteiger partial charge >= 0.3 is 12.3 Å². The maximum absolute atomic E-state index is 13.1. The van der Waals surface area contributed by atoms with Gasteiger partial charge in [0, 0.05) is 11.3 Å². The van der Waals surface area contributed by atoms with Crippen LogP contribution in [0.25, 0.3) is 17.1 Å². The van der Waals surface area contributed by atoms with Gasteiger partial charge in [-0.25, -0.2) is 9.67 Å². The topological polar surface area (TPSA) is 76.4 Å². The van der Waals surface area contributed by atoms with Crippen LogP contribution in [0.4, 0.5) is 27.6 Å². The first kappa shape index (κ1) is 27.6. The predicted octanol–water partition coefficient (Wildman–Crippen LogP) is 6.41. The zero-order chi connectivity index (χ0) is 28.2. The second kappa shape index (κ2) is 11.2. The van der Waals surface area contributed by atoms with E-state index in [1.54, 1.807) is 30.5 Å². The van der Waals surface area contributed by atoms with E-state index in [1.807, 2.05) is 32.0 Å². The molecule has 0 spiro atoms. The number of aromatic nitrogens is 3. The number of benzene rings is 3. The lowest BCUT2D eigenvalue weighted by molar-refractivity contribution is -0.360. The van der Waals surface area contributed by atoms with Crippen molar-refractivity contribution in [3.05, 3.63) is 89.7 Å². The number of nitrogens with one attached hydrogen (secondary N) is 2. The van der Waals surface area contributed by atoms with Crippen LogP contribution in [0.3, 0.4) is 0 Å². The number of ether oxygens (including phenoxy) is 1. The second-order valence-corrected chi connectivity index (χ2v) is 8.74. The average molecular weight is 561 g/mol. The lowest BCUT2D eigenvalue weighted by Gasteiger charge is -2.20. The summed E-state index contributed by atoms with van der Waals surface area (Å²) in [5.74, 6) is -0.269. The molecule has 3 aromatic carbocycles. The monoisotopic (exact) mass is 560 g/mol. The van der Waals surface area contributed by atoms with Crippen LogP contribution in [-0.2, 0) is 0 Å². The summed E-state index contributed by atoms with van der Waals surface area (Å²) in [6.07, 6.45) is -8.14. The Hall–Kier alpha value is -4.39. The van der Waals surface area contributed by atoms with Crippen molar-refractivity contribution >= 4 is 29.2 Å². The molecule has 0 radical (unpaired) electrons. The largest absolute Gasteiger partial charge is 0.499 e. The summed E-state index contributed by atoms with van der Waals surface area (Å²) in [5, 5.41) is 12.0. The number of hydrazone groups is 1. The predicted molar refractivity (Wildman–Crippen MR) is 141 cm³/mol. The van der Waals surface area contributed by atoms with Crippen LogP contribution in [0.1, 0.15) is 16.7 Å². The van der Waals surface area contributed by atoms with E-state index in [9.17, 15) is 22.0 Å². The molecule has 1 heterocycles. The maximum Gasteiger partial charge on any atom is 0.499 e. The molecule has 0 aliphatic heterocycles. The van der Waals surface area contributed by atoms with Crippen LogP contribution in [0.2, 0.25) is 0 Å². The van der Waals surface area contributed by atoms with Gasteiger partial charge in [0.05, 0.1) is 11.9 Å². The number of halogens is 5. The number of alkyl halides is 5. The summed E-state index contributed by atoms with van der Waals surface area (Å²) < 4.78 is 68.3. The van der Waals surface area contributed by atoms with Crippen molar-refractivity contribution in [2.75, 3.05) is 5.32 Å². The third-order valence-electron chi connectivity index (χ3n) is 5.44. The van der Waals surface area contributed by atoms with Crippen LogP contribution in [0, 0.1) is 13.8 Å². The SMILES string of the molecule is Cc1cccc(C)c1NC(=S)NN=Cc1ccc(-c2ncn(-c3ccc(OC(F)(F)C(F)(F)F)cc3)n2)cc1. The van der Waals surface area contributed by atoms with Crippen molar-refractivity contribution in [2.24, 2.45) is 5.10 Å². The molecule has 0 atom stereocenters. The van der Waals surface area contributed by atoms with Gasteiger partial charge in [-0.15, -0.1) is 5.10 Å². The molecule has 2 N–H and O–H groups in total. The normalized spacial score (nSPS) is 12.0. The summed E-state index contributed by atoms with van der Waals surface area (Å²) in [4.78, 5) is 4.23. The number of hydrogen-bond acceptors (Lipinski definition) is 5. The van der Waals surface area contributed by atoms with Crippen molar-refractivity contribution in [1.29, 1.82) is 0 Å². The quantitative estimate of drug-likeness (QED) is 0.118. The highest BCUT2D eigenvalue weighted by Gasteiger charge is 2.61. The molecule has 0 aliphatic carbocycles. The molecular weight excluding hydrogens is 539 g/mol. The van der Waals surface area contributed by atoms with E-state index >= 15 is 0 Å². The van der Waals surface area contributed by atoms with Crippen molar-refractivity contribution in [3.8, 4) is 22.8 Å². The highest BCUT2D eigenvalue weighted by molar-refractivity contribution is 7.80. The van der Waals surface area contributed by atoms with Gasteiger partial charge in [-0.1, -0.05) is 42.5 Å². The van der Waals surface area contributed by atoms with Gasteiger partial charge in [0.1, 0.15) is 12.1 Å². The molecule has 0 saturated carbocycles. The molecule has 0 bridgehead atoms. The molecular formula is C26H21F5N6OS. The fraction of sp³-hybridized carbons (Fsp3) is 0.154. The fourth-order valence-electron chi connectivity index (χ4n) is 3.43. The van der Waals surface area contributed by atoms with Crippen LogP contribution in [0.5, 0.6) is 5.75 Å². The van der Waals surface area contributed by atoms with E-state index in [2.05, 4.69) is 30.7 Å². The molecule has 0 unspecified atom stereocenters. The molecule has 0 aliphatic rings. The van der Waals surface area contributed by atoms with Crippen molar-refractivity contribution in [1.82, 2.24) is 20.2 Å². The van der Waals surface area contributed by atoms with Crippen LogP contribution < -0.4 is 15.5 Å².